The molecule has 0 bridgehead atoms. The second-order valence-electron chi connectivity index (χ2n) is 18.4. The zero-order chi connectivity index (χ0) is 45.4. The highest BCUT2D eigenvalue weighted by Crippen LogP contribution is 2.46. The van der Waals surface area contributed by atoms with E-state index in [4.69, 9.17) is 4.42 Å². The SMILES string of the molecule is c1ccc2cc(-c3ccc(-c4c5ccccc5c(-c5ccc(-c6ccc7ccccc7c6)cc5)c5cc(-c6ccc(-c7cc8ccccc8c8c7oc7ccccc78)cc6)ccc45)cc3)ccc2c1. The number of furan rings is 1. The van der Waals surface area contributed by atoms with Crippen LogP contribution in [0.5, 0.6) is 0 Å². The van der Waals surface area contributed by atoms with Crippen LogP contribution in [0.25, 0.3) is 143 Å². The van der Waals surface area contributed by atoms with Gasteiger partial charge in [0.15, 0.2) is 0 Å². The van der Waals surface area contributed by atoms with E-state index in [9.17, 15) is 0 Å². The molecule has 0 saturated carbocycles. The third kappa shape index (κ3) is 6.54. The Morgan fingerprint density at radius 1 is 0.217 bits per heavy atom. The summed E-state index contributed by atoms with van der Waals surface area (Å²) in [5, 5.41) is 14.6. The topological polar surface area (TPSA) is 13.1 Å². The first-order valence-electron chi connectivity index (χ1n) is 23.8. The smallest absolute Gasteiger partial charge is 0.143 e. The predicted octanol–water partition coefficient (Wildman–Crippen LogP) is 19.4. The van der Waals surface area contributed by atoms with Gasteiger partial charge >= 0.3 is 0 Å². The maximum absolute atomic E-state index is 6.64. The lowest BCUT2D eigenvalue weighted by Crippen LogP contribution is -1.92. The molecule has 1 aromatic heterocycles. The first-order valence-corrected chi connectivity index (χ1v) is 23.8. The third-order valence-electron chi connectivity index (χ3n) is 14.4. The molecule has 1 heteroatoms. The zero-order valence-corrected chi connectivity index (χ0v) is 37.7. The van der Waals surface area contributed by atoms with E-state index in [1.807, 2.05) is 6.07 Å². The molecule has 0 radical (unpaired) electrons. The van der Waals surface area contributed by atoms with Crippen molar-refractivity contribution in [3.63, 3.8) is 0 Å². The molecule has 0 aliphatic carbocycles. The second-order valence-corrected chi connectivity index (χ2v) is 18.4. The van der Waals surface area contributed by atoms with Crippen LogP contribution in [0.2, 0.25) is 0 Å². The predicted molar refractivity (Wildman–Crippen MR) is 294 cm³/mol. The highest BCUT2D eigenvalue weighted by Gasteiger charge is 2.20. The Labute approximate surface area is 399 Å². The lowest BCUT2D eigenvalue weighted by molar-refractivity contribution is 0.670. The summed E-state index contributed by atoms with van der Waals surface area (Å²) in [5.74, 6) is 0. The summed E-state index contributed by atoms with van der Waals surface area (Å²) in [7, 11) is 0. The van der Waals surface area contributed by atoms with Crippen molar-refractivity contribution in [3.05, 3.63) is 255 Å². The quantitative estimate of drug-likeness (QED) is 0.152. The van der Waals surface area contributed by atoms with Crippen LogP contribution in [-0.4, -0.2) is 0 Å². The van der Waals surface area contributed by atoms with E-state index in [-0.39, 0.29) is 0 Å². The molecule has 0 saturated heterocycles. The Bertz CT molecular complexity index is 4320. The molecule has 1 heterocycles. The van der Waals surface area contributed by atoms with Gasteiger partial charge in [0.2, 0.25) is 0 Å². The Morgan fingerprint density at radius 2 is 0.609 bits per heavy atom. The van der Waals surface area contributed by atoms with E-state index in [1.54, 1.807) is 0 Å². The molecule has 0 amide bonds. The van der Waals surface area contributed by atoms with E-state index in [0.29, 0.717) is 0 Å². The molecule has 0 spiro atoms. The molecule has 14 aromatic rings. The van der Waals surface area contributed by atoms with Crippen molar-refractivity contribution in [1.29, 1.82) is 0 Å². The minimum Gasteiger partial charge on any atom is -0.455 e. The summed E-state index contributed by atoms with van der Waals surface area (Å²) >= 11 is 0. The van der Waals surface area contributed by atoms with Crippen molar-refractivity contribution in [2.24, 2.45) is 0 Å². The van der Waals surface area contributed by atoms with Gasteiger partial charge in [0.25, 0.3) is 0 Å². The minimum absolute atomic E-state index is 0.907. The monoisotopic (exact) mass is 874 g/mol. The van der Waals surface area contributed by atoms with Gasteiger partial charge in [-0.15, -0.1) is 0 Å². The molecular formula is C68H42O. The fraction of sp³-hybridized carbons (Fsp3) is 0. The van der Waals surface area contributed by atoms with Gasteiger partial charge in [-0.3, -0.25) is 0 Å². The van der Waals surface area contributed by atoms with Gasteiger partial charge in [0.1, 0.15) is 11.2 Å². The van der Waals surface area contributed by atoms with Crippen LogP contribution in [-0.2, 0) is 0 Å². The fourth-order valence-electron chi connectivity index (χ4n) is 11.0. The van der Waals surface area contributed by atoms with Crippen molar-refractivity contribution >= 4 is 75.8 Å². The van der Waals surface area contributed by atoms with Crippen LogP contribution in [0.4, 0.5) is 0 Å². The van der Waals surface area contributed by atoms with Crippen LogP contribution in [0.1, 0.15) is 0 Å². The summed E-state index contributed by atoms with van der Waals surface area (Å²) in [6.45, 7) is 0. The Kier molecular flexibility index (Phi) is 8.97. The molecular weight excluding hydrogens is 833 g/mol. The van der Waals surface area contributed by atoms with Gasteiger partial charge in [-0.05, 0) is 145 Å². The summed E-state index contributed by atoms with van der Waals surface area (Å²) in [6.07, 6.45) is 0. The number of fused-ring (bicyclic) bond motifs is 9. The van der Waals surface area contributed by atoms with Crippen molar-refractivity contribution < 1.29 is 4.42 Å². The summed E-state index contributed by atoms with van der Waals surface area (Å²) < 4.78 is 6.64. The maximum atomic E-state index is 6.64. The molecule has 69 heavy (non-hydrogen) atoms. The Morgan fingerprint density at radius 3 is 1.19 bits per heavy atom. The van der Waals surface area contributed by atoms with Crippen molar-refractivity contribution in [2.45, 2.75) is 0 Å². The van der Waals surface area contributed by atoms with E-state index in [1.165, 1.54) is 109 Å². The van der Waals surface area contributed by atoms with Crippen LogP contribution in [0, 0.1) is 0 Å². The van der Waals surface area contributed by atoms with Crippen LogP contribution in [0.3, 0.4) is 0 Å². The lowest BCUT2D eigenvalue weighted by Gasteiger charge is -2.19. The molecule has 0 N–H and O–H groups in total. The summed E-state index contributed by atoms with van der Waals surface area (Å²) in [6, 6.07) is 93.4. The first kappa shape index (κ1) is 39.2. The van der Waals surface area contributed by atoms with Crippen LogP contribution < -0.4 is 0 Å². The van der Waals surface area contributed by atoms with E-state index in [0.717, 1.165) is 33.2 Å². The van der Waals surface area contributed by atoms with Crippen LogP contribution >= 0.6 is 0 Å². The molecule has 0 fully saturated rings. The lowest BCUT2D eigenvalue weighted by atomic mass is 9.84. The molecule has 13 aromatic carbocycles. The van der Waals surface area contributed by atoms with E-state index in [2.05, 4.69) is 249 Å². The zero-order valence-electron chi connectivity index (χ0n) is 37.7. The minimum atomic E-state index is 0.907. The number of rotatable bonds is 6. The van der Waals surface area contributed by atoms with Gasteiger partial charge in [-0.2, -0.15) is 0 Å². The molecule has 0 aliphatic heterocycles. The van der Waals surface area contributed by atoms with E-state index < -0.39 is 0 Å². The normalized spacial score (nSPS) is 11.8. The molecule has 1 nitrogen and oxygen atoms in total. The van der Waals surface area contributed by atoms with E-state index >= 15 is 0 Å². The van der Waals surface area contributed by atoms with Crippen molar-refractivity contribution in [3.8, 4) is 66.8 Å². The number of hydrogen-bond acceptors (Lipinski definition) is 1. The molecule has 14 rings (SSSR count). The summed E-state index contributed by atoms with van der Waals surface area (Å²) in [4.78, 5) is 0. The van der Waals surface area contributed by atoms with Crippen molar-refractivity contribution in [1.82, 2.24) is 0 Å². The molecule has 320 valence electrons. The van der Waals surface area contributed by atoms with Crippen molar-refractivity contribution in [2.75, 3.05) is 0 Å². The number of hydrogen-bond donors (Lipinski definition) is 0. The van der Waals surface area contributed by atoms with Gasteiger partial charge in [-0.25, -0.2) is 0 Å². The average Bonchev–Trinajstić information content (AvgIpc) is 3.82. The highest BCUT2D eigenvalue weighted by molar-refractivity contribution is 6.23. The maximum Gasteiger partial charge on any atom is 0.143 e. The third-order valence-corrected chi connectivity index (χ3v) is 14.4. The summed E-state index contributed by atoms with van der Waals surface area (Å²) in [5.41, 5.74) is 16.1. The van der Waals surface area contributed by atoms with Gasteiger partial charge in [0.05, 0.1) is 0 Å². The average molecular weight is 875 g/mol. The van der Waals surface area contributed by atoms with Crippen LogP contribution in [0.15, 0.2) is 259 Å². The number of benzene rings is 13. The largest absolute Gasteiger partial charge is 0.455 e. The second kappa shape index (κ2) is 15.8. The highest BCUT2D eigenvalue weighted by atomic mass is 16.3. The Hall–Kier alpha value is -9.04. The fourth-order valence-corrected chi connectivity index (χ4v) is 11.0. The molecule has 0 atom stereocenters. The van der Waals surface area contributed by atoms with Gasteiger partial charge < -0.3 is 4.42 Å². The number of para-hydroxylation sites is 1. The van der Waals surface area contributed by atoms with Gasteiger partial charge in [0, 0.05) is 16.3 Å². The standard InChI is InChI=1S/C68H42O/c1-3-13-51-39-53(35-27-43(51)11-1)45-23-31-49(32-24-45)65-58-17-7-8-18-59(58)66(50-33-25-46(26-34-50)54-36-28-44-12-2-4-14-52(44)40-54)63-41-55(37-38-60(63)65)47-21-29-48(30-22-47)62-42-56-15-5-6-16-57(56)67-61-19-9-10-20-64(61)69-68(62)67/h1-42H. The Balaban J connectivity index is 0.925. The first-order chi connectivity index (χ1) is 34.2. The van der Waals surface area contributed by atoms with Gasteiger partial charge in [-0.1, -0.05) is 224 Å². The molecule has 0 aliphatic rings. The molecule has 0 unspecified atom stereocenters.